The molecule has 7 heteroatoms. The number of nitrogens with one attached hydrogen (secondary N) is 1. The molecule has 1 fully saturated rings. The molecule has 20 heavy (non-hydrogen) atoms. The van der Waals surface area contributed by atoms with Crippen LogP contribution in [0.5, 0.6) is 0 Å². The van der Waals surface area contributed by atoms with Crippen LogP contribution in [-0.2, 0) is 14.6 Å². The van der Waals surface area contributed by atoms with Crippen molar-refractivity contribution in [2.24, 2.45) is 0 Å². The molecule has 0 aliphatic heterocycles. The fraction of sp³-hybridized carbons (Fsp3) is 0.615. The van der Waals surface area contributed by atoms with Crippen LogP contribution < -0.4 is 5.32 Å². The SMILES string of the molecule is O=C(CCS(=O)(=O)c1ccc(Br)s1)NC1CCCCC1. The van der Waals surface area contributed by atoms with Crippen LogP contribution in [-0.4, -0.2) is 26.1 Å². The van der Waals surface area contributed by atoms with E-state index in [4.69, 9.17) is 0 Å². The molecular formula is C13H18BrNO3S2. The van der Waals surface area contributed by atoms with Crippen LogP contribution in [0, 0.1) is 0 Å². The summed E-state index contributed by atoms with van der Waals surface area (Å²) in [6.45, 7) is 0. The van der Waals surface area contributed by atoms with Crippen molar-refractivity contribution in [2.45, 2.75) is 48.8 Å². The third-order valence-electron chi connectivity index (χ3n) is 3.42. The Hall–Kier alpha value is -0.400. The summed E-state index contributed by atoms with van der Waals surface area (Å²) in [6.07, 6.45) is 5.58. The molecule has 0 atom stereocenters. The number of rotatable bonds is 5. The molecule has 0 unspecified atom stereocenters. The Morgan fingerprint density at radius 2 is 2.00 bits per heavy atom. The molecule has 2 rings (SSSR count). The Labute approximate surface area is 132 Å². The van der Waals surface area contributed by atoms with E-state index in [1.807, 2.05) is 0 Å². The topological polar surface area (TPSA) is 63.2 Å². The monoisotopic (exact) mass is 379 g/mol. The van der Waals surface area contributed by atoms with Crippen LogP contribution in [0.1, 0.15) is 38.5 Å². The summed E-state index contributed by atoms with van der Waals surface area (Å²) < 4.78 is 25.2. The van der Waals surface area contributed by atoms with Crippen LogP contribution in [0.3, 0.4) is 0 Å². The van der Waals surface area contributed by atoms with Gasteiger partial charge in [0.25, 0.3) is 0 Å². The van der Waals surface area contributed by atoms with Crippen molar-refractivity contribution in [1.82, 2.24) is 5.32 Å². The molecule has 1 saturated carbocycles. The Balaban J connectivity index is 1.83. The first-order valence-electron chi connectivity index (χ1n) is 6.75. The summed E-state index contributed by atoms with van der Waals surface area (Å²) >= 11 is 4.42. The molecule has 1 amide bonds. The molecule has 4 nitrogen and oxygen atoms in total. The number of thiophene rings is 1. The largest absolute Gasteiger partial charge is 0.353 e. The standard InChI is InChI=1S/C13H18BrNO3S2/c14-11-6-7-13(19-11)20(17,18)9-8-12(16)15-10-4-2-1-3-5-10/h6-7,10H,1-5,8-9H2,(H,15,16). The van der Waals surface area contributed by atoms with E-state index in [9.17, 15) is 13.2 Å². The number of amides is 1. The van der Waals surface area contributed by atoms with Gasteiger partial charge in [-0.05, 0) is 40.9 Å². The van der Waals surface area contributed by atoms with Gasteiger partial charge in [-0.1, -0.05) is 19.3 Å². The maximum atomic E-state index is 12.1. The molecule has 1 heterocycles. The third-order valence-corrected chi connectivity index (χ3v) is 7.34. The van der Waals surface area contributed by atoms with E-state index in [1.54, 1.807) is 12.1 Å². The first-order chi connectivity index (χ1) is 9.47. The normalized spacial score (nSPS) is 17.1. The number of hydrogen-bond acceptors (Lipinski definition) is 4. The van der Waals surface area contributed by atoms with Crippen LogP contribution in [0.4, 0.5) is 0 Å². The third kappa shape index (κ3) is 4.56. The molecule has 112 valence electrons. The molecule has 1 aromatic heterocycles. The van der Waals surface area contributed by atoms with Crippen LogP contribution in [0.2, 0.25) is 0 Å². The van der Waals surface area contributed by atoms with Crippen molar-refractivity contribution in [3.05, 3.63) is 15.9 Å². The zero-order valence-electron chi connectivity index (χ0n) is 11.1. The van der Waals surface area contributed by atoms with E-state index < -0.39 is 9.84 Å². The zero-order valence-corrected chi connectivity index (χ0v) is 14.3. The molecule has 1 aliphatic rings. The van der Waals surface area contributed by atoms with E-state index in [0.717, 1.165) is 29.5 Å². The first-order valence-corrected chi connectivity index (χ1v) is 10.0. The second-order valence-electron chi connectivity index (χ2n) is 5.03. The molecule has 1 N–H and O–H groups in total. The van der Waals surface area contributed by atoms with E-state index in [2.05, 4.69) is 21.2 Å². The maximum Gasteiger partial charge on any atom is 0.221 e. The van der Waals surface area contributed by atoms with Gasteiger partial charge in [-0.15, -0.1) is 11.3 Å². The summed E-state index contributed by atoms with van der Waals surface area (Å²) in [5.74, 6) is -0.283. The average molecular weight is 380 g/mol. The maximum absolute atomic E-state index is 12.1. The number of halogens is 1. The Morgan fingerprint density at radius 1 is 1.30 bits per heavy atom. The van der Waals surface area contributed by atoms with Gasteiger partial charge in [0.2, 0.25) is 5.91 Å². The lowest BCUT2D eigenvalue weighted by atomic mass is 9.95. The van der Waals surface area contributed by atoms with Gasteiger partial charge in [0, 0.05) is 12.5 Å². The van der Waals surface area contributed by atoms with Crippen molar-refractivity contribution in [2.75, 3.05) is 5.75 Å². The second kappa shape index (κ2) is 7.04. The number of carbonyl (C=O) groups is 1. The quantitative estimate of drug-likeness (QED) is 0.854. The highest BCUT2D eigenvalue weighted by atomic mass is 79.9. The number of hydrogen-bond donors (Lipinski definition) is 1. The van der Waals surface area contributed by atoms with E-state index >= 15 is 0 Å². The predicted molar refractivity (Wildman–Crippen MR) is 83.7 cm³/mol. The van der Waals surface area contributed by atoms with Gasteiger partial charge in [-0.2, -0.15) is 0 Å². The molecule has 0 aromatic carbocycles. The first kappa shape index (κ1) is 16.0. The molecule has 0 spiro atoms. The number of sulfone groups is 1. The fourth-order valence-corrected chi connectivity index (χ4v) is 5.74. The zero-order chi connectivity index (χ0) is 14.6. The summed E-state index contributed by atoms with van der Waals surface area (Å²) in [4.78, 5) is 11.8. The highest BCUT2D eigenvalue weighted by molar-refractivity contribution is 9.11. The van der Waals surface area contributed by atoms with Gasteiger partial charge in [0.05, 0.1) is 9.54 Å². The van der Waals surface area contributed by atoms with Crippen molar-refractivity contribution in [1.29, 1.82) is 0 Å². The van der Waals surface area contributed by atoms with Crippen LogP contribution in [0.15, 0.2) is 20.1 Å². The predicted octanol–water partition coefficient (Wildman–Crippen LogP) is 3.12. The van der Waals surface area contributed by atoms with Crippen molar-refractivity contribution < 1.29 is 13.2 Å². The van der Waals surface area contributed by atoms with Gasteiger partial charge >= 0.3 is 0 Å². The van der Waals surface area contributed by atoms with Gasteiger partial charge in [0.15, 0.2) is 9.84 Å². The highest BCUT2D eigenvalue weighted by Crippen LogP contribution is 2.27. The van der Waals surface area contributed by atoms with Crippen molar-refractivity contribution >= 4 is 43.0 Å². The number of carbonyl (C=O) groups excluding carboxylic acids is 1. The fourth-order valence-electron chi connectivity index (χ4n) is 2.34. The summed E-state index contributed by atoms with van der Waals surface area (Å²) in [6, 6.07) is 3.51. The van der Waals surface area contributed by atoms with E-state index in [1.165, 1.54) is 17.8 Å². The molecule has 0 saturated heterocycles. The molecule has 1 aromatic rings. The van der Waals surface area contributed by atoms with Crippen molar-refractivity contribution in [3.63, 3.8) is 0 Å². The van der Waals surface area contributed by atoms with Gasteiger partial charge in [0.1, 0.15) is 4.21 Å². The molecule has 0 radical (unpaired) electrons. The lowest BCUT2D eigenvalue weighted by Gasteiger charge is -2.22. The molecular weight excluding hydrogens is 362 g/mol. The van der Waals surface area contributed by atoms with Crippen molar-refractivity contribution in [3.8, 4) is 0 Å². The Bertz CT molecular complexity index is 562. The minimum atomic E-state index is -3.35. The van der Waals surface area contributed by atoms with Gasteiger partial charge in [-0.25, -0.2) is 8.42 Å². The van der Waals surface area contributed by atoms with Gasteiger partial charge < -0.3 is 5.32 Å². The smallest absolute Gasteiger partial charge is 0.221 e. The van der Waals surface area contributed by atoms with E-state index in [0.29, 0.717) is 4.21 Å². The lowest BCUT2D eigenvalue weighted by molar-refractivity contribution is -0.121. The highest BCUT2D eigenvalue weighted by Gasteiger charge is 2.20. The van der Waals surface area contributed by atoms with Crippen LogP contribution in [0.25, 0.3) is 0 Å². The molecule has 1 aliphatic carbocycles. The van der Waals surface area contributed by atoms with E-state index in [-0.39, 0.29) is 24.1 Å². The Kier molecular flexibility index (Phi) is 5.63. The lowest BCUT2D eigenvalue weighted by Crippen LogP contribution is -2.36. The molecule has 0 bridgehead atoms. The minimum absolute atomic E-state index is 0.0361. The van der Waals surface area contributed by atoms with Gasteiger partial charge in [-0.3, -0.25) is 4.79 Å². The summed E-state index contributed by atoms with van der Waals surface area (Å²) in [5.41, 5.74) is 0. The second-order valence-corrected chi connectivity index (χ2v) is 9.83. The average Bonchev–Trinajstić information content (AvgIpc) is 2.85. The minimum Gasteiger partial charge on any atom is -0.353 e. The summed E-state index contributed by atoms with van der Waals surface area (Å²) in [5, 5.41) is 2.94. The summed E-state index contributed by atoms with van der Waals surface area (Å²) in [7, 11) is -3.35. The van der Waals surface area contributed by atoms with Crippen LogP contribution >= 0.6 is 27.3 Å². The Morgan fingerprint density at radius 3 is 2.60 bits per heavy atom.